The van der Waals surface area contributed by atoms with Crippen molar-refractivity contribution in [3.05, 3.63) is 130 Å². The molecule has 308 valence electrons. The van der Waals surface area contributed by atoms with Gasteiger partial charge in [-0.25, -0.2) is 4.79 Å². The second-order valence-electron chi connectivity index (χ2n) is 13.4. The van der Waals surface area contributed by atoms with Crippen molar-refractivity contribution in [2.75, 3.05) is 36.7 Å². The number of aliphatic imine (C=N–C) groups is 2. The molecule has 0 aliphatic carbocycles. The van der Waals surface area contributed by atoms with E-state index in [1.807, 2.05) is 38.1 Å². The Hall–Kier alpha value is -7.94. The summed E-state index contributed by atoms with van der Waals surface area (Å²) >= 11 is 0. The molecule has 15 heteroatoms. The lowest BCUT2D eigenvalue weighted by Gasteiger charge is -2.16. The highest BCUT2D eigenvalue weighted by Gasteiger charge is 2.24. The van der Waals surface area contributed by atoms with E-state index in [0.29, 0.717) is 29.9 Å². The van der Waals surface area contributed by atoms with Crippen LogP contribution in [-0.2, 0) is 4.79 Å². The predicted molar refractivity (Wildman–Crippen MR) is 230 cm³/mol. The Morgan fingerprint density at radius 2 is 1.20 bits per heavy atom. The lowest BCUT2D eigenvalue weighted by Crippen LogP contribution is -2.15. The first-order chi connectivity index (χ1) is 28.7. The van der Waals surface area contributed by atoms with Crippen LogP contribution in [0.25, 0.3) is 6.08 Å². The number of anilines is 3. The molecule has 15 nitrogen and oxygen atoms in total. The molecule has 0 aliphatic rings. The third kappa shape index (κ3) is 10.7. The first kappa shape index (κ1) is 43.2. The number of phenols is 3. The Morgan fingerprint density at radius 1 is 0.650 bits per heavy atom. The van der Waals surface area contributed by atoms with Crippen LogP contribution in [0.2, 0.25) is 0 Å². The maximum atomic E-state index is 13.2. The number of carboxylic acid groups (broad SMARTS) is 1. The van der Waals surface area contributed by atoms with Crippen molar-refractivity contribution in [2.45, 2.75) is 27.2 Å². The number of carbonyl (C=O) groups excluding carboxylic acids is 3. The number of hydrogen-bond acceptors (Lipinski definition) is 11. The number of nitrogens with one attached hydrogen (secondary N) is 3. The molecule has 0 saturated carbocycles. The van der Waals surface area contributed by atoms with Gasteiger partial charge in [-0.2, -0.15) is 0 Å². The molecule has 5 aromatic rings. The lowest BCUT2D eigenvalue weighted by molar-refractivity contribution is -0.112. The van der Waals surface area contributed by atoms with Crippen molar-refractivity contribution in [1.29, 1.82) is 0 Å². The van der Waals surface area contributed by atoms with Gasteiger partial charge in [-0.05, 0) is 111 Å². The maximum absolute atomic E-state index is 13.2. The summed E-state index contributed by atoms with van der Waals surface area (Å²) < 4.78 is 10.4. The Bertz CT molecular complexity index is 2510. The molecule has 5 aromatic carbocycles. The fourth-order valence-electron chi connectivity index (χ4n) is 5.84. The number of nitrogens with zero attached hydrogens (tertiary/aromatic N) is 2. The molecule has 0 heterocycles. The highest BCUT2D eigenvalue weighted by molar-refractivity contribution is 6.10. The van der Waals surface area contributed by atoms with E-state index in [-0.39, 0.29) is 45.7 Å². The average Bonchev–Trinajstić information content (AvgIpc) is 3.22. The summed E-state index contributed by atoms with van der Waals surface area (Å²) in [6.07, 6.45) is 2.33. The number of carbonyl (C=O) groups is 4. The molecule has 5 rings (SSSR count). The highest BCUT2D eigenvalue weighted by Crippen LogP contribution is 2.40. The van der Waals surface area contributed by atoms with E-state index in [1.165, 1.54) is 32.4 Å². The molecule has 0 saturated heterocycles. The molecule has 60 heavy (non-hydrogen) atoms. The molecule has 0 fully saturated rings. The van der Waals surface area contributed by atoms with Gasteiger partial charge in [-0.3, -0.25) is 24.4 Å². The van der Waals surface area contributed by atoms with Crippen molar-refractivity contribution in [3.63, 3.8) is 0 Å². The van der Waals surface area contributed by atoms with Crippen LogP contribution in [0.1, 0.15) is 69.4 Å². The van der Waals surface area contributed by atoms with Crippen molar-refractivity contribution < 1.29 is 49.1 Å². The molecule has 0 aromatic heterocycles. The van der Waals surface area contributed by atoms with Crippen molar-refractivity contribution in [2.24, 2.45) is 9.98 Å². The molecule has 0 aliphatic heterocycles. The van der Waals surface area contributed by atoms with E-state index in [0.717, 1.165) is 28.6 Å². The van der Waals surface area contributed by atoms with Gasteiger partial charge in [-0.1, -0.05) is 24.3 Å². The number of amides is 3. The van der Waals surface area contributed by atoms with Gasteiger partial charge in [0.25, 0.3) is 17.7 Å². The normalized spacial score (nSPS) is 11.7. The largest absolute Gasteiger partial charge is 0.508 e. The minimum atomic E-state index is -1.40. The van der Waals surface area contributed by atoms with Gasteiger partial charge in [0.1, 0.15) is 11.3 Å². The van der Waals surface area contributed by atoms with E-state index in [2.05, 4.69) is 25.9 Å². The maximum Gasteiger partial charge on any atom is 0.339 e. The molecule has 0 atom stereocenters. The fraction of sp³-hybridized carbons (Fsp3) is 0.156. The van der Waals surface area contributed by atoms with Gasteiger partial charge in [0.15, 0.2) is 23.0 Å². The van der Waals surface area contributed by atoms with Crippen molar-refractivity contribution in [3.8, 4) is 28.7 Å². The van der Waals surface area contributed by atoms with Gasteiger partial charge in [0.05, 0.1) is 36.8 Å². The minimum absolute atomic E-state index is 0.0521. The van der Waals surface area contributed by atoms with Crippen LogP contribution in [-0.4, -0.2) is 76.3 Å². The first-order valence-corrected chi connectivity index (χ1v) is 18.4. The summed E-state index contributed by atoms with van der Waals surface area (Å²) in [5, 5.41) is 47.9. The summed E-state index contributed by atoms with van der Waals surface area (Å²) in [5.41, 5.74) is 4.81. The quantitative estimate of drug-likeness (QED) is 0.0397. The molecular weight excluding hydrogens is 771 g/mol. The molecule has 0 unspecified atom stereocenters. The Morgan fingerprint density at radius 3 is 1.78 bits per heavy atom. The zero-order valence-electron chi connectivity index (χ0n) is 33.4. The standard InChI is InChI=1S/C45H43N5O10/c1-25(24-28-6-16-33(51)17-7-28)42(54)48-32-12-8-29(9-13-32)27(3)46-23-22-26(2)47-31-14-10-30(11-15-31)43(55)49-36-20-18-34(38(52)40(36)59-4)44(56)50-37-21-19-35(45(57)58)39(53)41(37)60-5/h6-21,24,51-53H,22-23H2,1-5H3,(H,48,54)(H,49,55)(H,50,56)(H,57,58)/b25-24+,46-27?,47-26?. The molecule has 0 spiro atoms. The van der Waals surface area contributed by atoms with Gasteiger partial charge in [0, 0.05) is 41.2 Å². The zero-order chi connectivity index (χ0) is 43.5. The number of aromatic hydroxyl groups is 3. The smallest absolute Gasteiger partial charge is 0.339 e. The highest BCUT2D eigenvalue weighted by atomic mass is 16.5. The Balaban J connectivity index is 1.15. The lowest BCUT2D eigenvalue weighted by atomic mass is 10.1. The van der Waals surface area contributed by atoms with Crippen molar-refractivity contribution >= 4 is 63.9 Å². The third-order valence-electron chi connectivity index (χ3n) is 9.11. The SMILES string of the molecule is COc1c(NC(=O)c2ccc(NC(=O)c3ccc(N=C(C)CCN=C(C)c4ccc(NC(=O)/C(C)=C/c5ccc(O)cc5)cc4)cc3)c(OC)c2O)ccc(C(=O)O)c1O. The molecule has 3 amide bonds. The first-order valence-electron chi connectivity index (χ1n) is 18.4. The second kappa shape index (κ2) is 19.5. The van der Waals surface area contributed by atoms with Gasteiger partial charge < -0.3 is 45.9 Å². The summed E-state index contributed by atoms with van der Waals surface area (Å²) in [6, 6.07) is 25.5. The summed E-state index contributed by atoms with van der Waals surface area (Å²) in [5.74, 6) is -4.57. The van der Waals surface area contributed by atoms with Gasteiger partial charge in [-0.15, -0.1) is 0 Å². The molecule has 0 radical (unpaired) electrons. The number of ether oxygens (including phenoxy) is 2. The minimum Gasteiger partial charge on any atom is -0.508 e. The number of phenolic OH excluding ortho intramolecular Hbond substituents is 2. The molecule has 7 N–H and O–H groups in total. The monoisotopic (exact) mass is 813 g/mol. The Kier molecular flexibility index (Phi) is 14.0. The number of carboxylic acids is 1. The van der Waals surface area contributed by atoms with E-state index in [1.54, 1.807) is 61.5 Å². The summed E-state index contributed by atoms with van der Waals surface area (Å²) in [6.45, 7) is 6.01. The number of hydrogen-bond donors (Lipinski definition) is 7. The predicted octanol–water partition coefficient (Wildman–Crippen LogP) is 8.06. The van der Waals surface area contributed by atoms with Gasteiger partial charge >= 0.3 is 5.97 Å². The van der Waals surface area contributed by atoms with Crippen molar-refractivity contribution in [1.82, 2.24) is 0 Å². The number of methoxy groups -OCH3 is 2. The number of rotatable bonds is 15. The van der Waals surface area contributed by atoms with Gasteiger partial charge in [0.2, 0.25) is 0 Å². The topological polar surface area (TPSA) is 228 Å². The third-order valence-corrected chi connectivity index (χ3v) is 9.11. The van der Waals surface area contributed by atoms with E-state index < -0.39 is 34.8 Å². The summed E-state index contributed by atoms with van der Waals surface area (Å²) in [7, 11) is 2.44. The van der Waals surface area contributed by atoms with E-state index >= 15 is 0 Å². The van der Waals surface area contributed by atoms with E-state index in [9.17, 15) is 39.6 Å². The van der Waals surface area contributed by atoms with Crippen LogP contribution >= 0.6 is 0 Å². The van der Waals surface area contributed by atoms with Crippen LogP contribution in [0.4, 0.5) is 22.7 Å². The van der Waals surface area contributed by atoms with Crippen LogP contribution in [0.3, 0.4) is 0 Å². The molecule has 0 bridgehead atoms. The van der Waals surface area contributed by atoms with Crippen LogP contribution in [0.15, 0.2) is 113 Å². The average molecular weight is 814 g/mol. The fourth-order valence-corrected chi connectivity index (χ4v) is 5.84. The van der Waals surface area contributed by atoms with Crippen LogP contribution in [0, 0.1) is 0 Å². The number of benzene rings is 5. The van der Waals surface area contributed by atoms with Crippen LogP contribution in [0.5, 0.6) is 28.7 Å². The molecular formula is C45H43N5O10. The van der Waals surface area contributed by atoms with Crippen LogP contribution < -0.4 is 25.4 Å². The number of aromatic carboxylic acids is 1. The second-order valence-corrected chi connectivity index (χ2v) is 13.4. The summed E-state index contributed by atoms with van der Waals surface area (Å²) in [4.78, 5) is 59.6. The van der Waals surface area contributed by atoms with E-state index in [4.69, 9.17) is 9.47 Å². The zero-order valence-corrected chi connectivity index (χ0v) is 33.4. The Labute approximate surface area is 345 Å².